The molecule has 2 aromatic rings. The molecule has 0 aliphatic rings. The Morgan fingerprint density at radius 2 is 1.73 bits per heavy atom. The minimum absolute atomic E-state index is 0. The molecule has 0 radical (unpaired) electrons. The van der Waals surface area contributed by atoms with Gasteiger partial charge in [-0.05, 0) is 49.1 Å². The van der Waals surface area contributed by atoms with Crippen LogP contribution in [0.5, 0.6) is 11.5 Å². The van der Waals surface area contributed by atoms with E-state index in [4.69, 9.17) is 14.2 Å². The maximum Gasteiger partial charge on any atom is 1.00 e. The van der Waals surface area contributed by atoms with Gasteiger partial charge >= 0.3 is 59.6 Å². The van der Waals surface area contributed by atoms with Crippen LogP contribution in [-0.4, -0.2) is 23.3 Å². The first-order valence-electron chi connectivity index (χ1n) is 7.45. The summed E-state index contributed by atoms with van der Waals surface area (Å²) in [6.45, 7) is 0. The smallest absolute Gasteiger partial charge is 1.00 e. The van der Waals surface area contributed by atoms with E-state index in [1.54, 1.807) is 6.07 Å². The van der Waals surface area contributed by atoms with E-state index < -0.39 is 23.8 Å². The zero-order chi connectivity index (χ0) is 18.3. The van der Waals surface area contributed by atoms with E-state index in [-0.39, 0.29) is 59.2 Å². The van der Waals surface area contributed by atoms with E-state index in [1.807, 2.05) is 48.5 Å². The molecule has 2 aromatic carbocycles. The molecule has 0 saturated carbocycles. The van der Waals surface area contributed by atoms with Crippen LogP contribution in [0.2, 0.25) is 0 Å². The van der Waals surface area contributed by atoms with Gasteiger partial charge in [0.25, 0.3) is 10.1 Å². The normalized spacial score (nSPS) is 12.8. The van der Waals surface area contributed by atoms with Crippen LogP contribution in [0.15, 0.2) is 54.6 Å². The molecule has 136 valence electrons. The molecule has 0 aliphatic heterocycles. The molecular weight excluding hydrogens is 406 g/mol. The van der Waals surface area contributed by atoms with Crippen molar-refractivity contribution in [2.75, 3.05) is 0 Å². The number of hydrogen-bond donors (Lipinski definition) is 2. The first kappa shape index (κ1) is 23.8. The molecule has 2 N–H and O–H groups in total. The van der Waals surface area contributed by atoms with Gasteiger partial charge in [0.05, 0.1) is 0 Å². The minimum Gasteiger partial charge on any atom is -1.00 e. The van der Waals surface area contributed by atoms with Crippen LogP contribution in [-0.2, 0) is 25.6 Å². The number of hydrogen-bond acceptors (Lipinski definition) is 5. The van der Waals surface area contributed by atoms with Crippen LogP contribution in [0.1, 0.15) is 19.8 Å². The quantitative estimate of drug-likeness (QED) is 0.347. The molecule has 2 unspecified atom stereocenters. The van der Waals surface area contributed by atoms with Crippen molar-refractivity contribution < 1.29 is 84.5 Å². The van der Waals surface area contributed by atoms with Gasteiger partial charge in [0.2, 0.25) is 5.44 Å². The van der Waals surface area contributed by atoms with Crippen LogP contribution in [0.4, 0.5) is 0 Å². The Morgan fingerprint density at radius 1 is 1.08 bits per heavy atom. The molecule has 0 fully saturated rings. The monoisotopic (exact) mass is 425 g/mol. The van der Waals surface area contributed by atoms with E-state index in [9.17, 15) is 13.0 Å². The van der Waals surface area contributed by atoms with E-state index in [1.165, 1.54) is 0 Å². The Kier molecular flexibility index (Phi) is 10.6. The fraction of sp³-hybridized carbons (Fsp3) is 0.250. The first-order valence-corrected chi connectivity index (χ1v) is 10.1. The average Bonchev–Trinajstić information content (AvgIpc) is 2.54. The van der Waals surface area contributed by atoms with Crippen molar-refractivity contribution in [2.45, 2.75) is 24.7 Å². The molecule has 10 heteroatoms. The molecule has 26 heavy (non-hydrogen) atoms. The summed E-state index contributed by atoms with van der Waals surface area (Å²) in [5.41, 5.74) is -0.819. The second kappa shape index (κ2) is 11.6. The van der Waals surface area contributed by atoms with Crippen LogP contribution in [0.3, 0.4) is 0 Å². The molecule has 0 spiro atoms. The SMILES string of the molecule is O=[P+](O)OC(CCCc1cccc(Oc2ccccc2)c1)S(=O)(=O)O.[H-].[K+]. The third-order valence-corrected chi connectivity index (χ3v) is 4.90. The van der Waals surface area contributed by atoms with Gasteiger partial charge in [-0.15, -0.1) is 4.89 Å². The number of ether oxygens (including phenoxy) is 1. The van der Waals surface area contributed by atoms with Crippen molar-refractivity contribution in [3.05, 3.63) is 60.2 Å². The predicted molar refractivity (Wildman–Crippen MR) is 93.3 cm³/mol. The molecule has 0 aromatic heterocycles. The van der Waals surface area contributed by atoms with Gasteiger partial charge in [-0.25, -0.2) is 0 Å². The van der Waals surface area contributed by atoms with Gasteiger partial charge < -0.3 is 6.16 Å². The fourth-order valence-corrected chi connectivity index (χ4v) is 3.65. The minimum atomic E-state index is -4.55. The molecule has 0 saturated heterocycles. The predicted octanol–water partition coefficient (Wildman–Crippen LogP) is 0.798. The Balaban J connectivity index is 0.00000338. The van der Waals surface area contributed by atoms with Gasteiger partial charge in [0.1, 0.15) is 11.5 Å². The summed E-state index contributed by atoms with van der Waals surface area (Å²) >= 11 is 0. The molecule has 0 heterocycles. The Hall–Kier alpha value is -0.194. The second-order valence-electron chi connectivity index (χ2n) is 5.24. The summed E-state index contributed by atoms with van der Waals surface area (Å²) in [6, 6.07) is 16.6. The van der Waals surface area contributed by atoms with Crippen LogP contribution in [0.25, 0.3) is 0 Å². The zero-order valence-corrected chi connectivity index (χ0v) is 19.0. The molecule has 2 rings (SSSR count). The van der Waals surface area contributed by atoms with E-state index >= 15 is 0 Å². The number of rotatable bonds is 9. The summed E-state index contributed by atoms with van der Waals surface area (Å²) in [4.78, 5) is 8.67. The summed E-state index contributed by atoms with van der Waals surface area (Å²) in [6.07, 6.45) is 0.718. The first-order chi connectivity index (χ1) is 11.8. The van der Waals surface area contributed by atoms with E-state index in [0.29, 0.717) is 24.3 Å². The molecule has 2 atom stereocenters. The van der Waals surface area contributed by atoms with Crippen LogP contribution in [0, 0.1) is 0 Å². The van der Waals surface area contributed by atoms with Crippen molar-refractivity contribution in [1.82, 2.24) is 0 Å². The van der Waals surface area contributed by atoms with Gasteiger partial charge in [0.15, 0.2) is 0 Å². The topological polar surface area (TPSA) is 110 Å². The van der Waals surface area contributed by atoms with Crippen molar-refractivity contribution in [3.63, 3.8) is 0 Å². The molecule has 0 aliphatic carbocycles. The summed E-state index contributed by atoms with van der Waals surface area (Å²) in [5, 5.41) is 0. The number of para-hydroxylation sites is 1. The van der Waals surface area contributed by atoms with Gasteiger partial charge in [0, 0.05) is 4.57 Å². The maximum atomic E-state index is 11.1. The van der Waals surface area contributed by atoms with Gasteiger partial charge in [-0.3, -0.25) is 4.55 Å². The van der Waals surface area contributed by atoms with Gasteiger partial charge in [-0.1, -0.05) is 34.9 Å². The van der Waals surface area contributed by atoms with Crippen molar-refractivity contribution in [1.29, 1.82) is 0 Å². The molecule has 0 amide bonds. The number of aryl methyl sites for hydroxylation is 1. The Labute approximate surface area is 197 Å². The van der Waals surface area contributed by atoms with Crippen LogP contribution < -0.4 is 56.1 Å². The van der Waals surface area contributed by atoms with Crippen molar-refractivity contribution >= 4 is 18.4 Å². The maximum absolute atomic E-state index is 11.1. The van der Waals surface area contributed by atoms with Crippen LogP contribution >= 0.6 is 8.25 Å². The second-order valence-corrected chi connectivity index (χ2v) is 7.48. The van der Waals surface area contributed by atoms with E-state index in [0.717, 1.165) is 5.56 Å². The molecule has 0 bridgehead atoms. The summed E-state index contributed by atoms with van der Waals surface area (Å²) in [7, 11) is -7.67. The fourth-order valence-electron chi connectivity index (χ4n) is 2.22. The summed E-state index contributed by atoms with van der Waals surface area (Å²) in [5.74, 6) is 1.34. The molecular formula is C16H19KO7PS+. The van der Waals surface area contributed by atoms with E-state index in [2.05, 4.69) is 4.52 Å². The molecule has 7 nitrogen and oxygen atoms in total. The Bertz CT molecular complexity index is 821. The third-order valence-electron chi connectivity index (χ3n) is 3.32. The largest absolute Gasteiger partial charge is 1.00 e. The zero-order valence-electron chi connectivity index (χ0n) is 15.2. The Morgan fingerprint density at radius 3 is 2.35 bits per heavy atom. The average molecular weight is 425 g/mol. The summed E-state index contributed by atoms with van der Waals surface area (Å²) < 4.78 is 52.0. The van der Waals surface area contributed by atoms with Crippen molar-refractivity contribution in [2.24, 2.45) is 0 Å². The standard InChI is InChI=1S/C16H17O7PS.K.H/c17-24(18)23-16(25(19,20)21)11-5-7-13-6-4-10-15(12-13)22-14-8-2-1-3-9-14;;/h1-4,6,8-10,12,16H,5,7,11H2,(H-,17,18,19,20,21);;/q;+1;-1/p+1. The third kappa shape index (κ3) is 8.66. The van der Waals surface area contributed by atoms with Gasteiger partial charge in [-0.2, -0.15) is 8.42 Å². The number of benzene rings is 2. The van der Waals surface area contributed by atoms with Crippen molar-refractivity contribution in [3.8, 4) is 11.5 Å².